The van der Waals surface area contributed by atoms with Crippen molar-refractivity contribution in [1.29, 1.82) is 0 Å². The highest BCUT2D eigenvalue weighted by Crippen LogP contribution is 2.19. The number of hydrogen-bond donors (Lipinski definition) is 0. The molecule has 0 atom stereocenters. The quantitative estimate of drug-likeness (QED) is 0.623. The summed E-state index contributed by atoms with van der Waals surface area (Å²) < 4.78 is 11.2. The lowest BCUT2D eigenvalue weighted by Gasteiger charge is -2.34. The molecule has 144 valence electrons. The van der Waals surface area contributed by atoms with Crippen molar-refractivity contribution >= 4 is 39.3 Å². The topological polar surface area (TPSA) is 93.0 Å². The van der Waals surface area contributed by atoms with Gasteiger partial charge >= 0.3 is 5.97 Å². The lowest BCUT2D eigenvalue weighted by Crippen LogP contribution is -2.51. The first-order valence-electron chi connectivity index (χ1n) is 8.73. The van der Waals surface area contributed by atoms with Crippen molar-refractivity contribution in [3.05, 3.63) is 53.4 Å². The number of aromatic nitrogens is 1. The molecule has 28 heavy (non-hydrogen) atoms. The molecule has 0 saturated carbocycles. The predicted octanol–water partition coefficient (Wildman–Crippen LogP) is 2.03. The Labute approximate surface area is 164 Å². The second-order valence-corrected chi connectivity index (χ2v) is 7.15. The van der Waals surface area contributed by atoms with Gasteiger partial charge in [-0.15, -0.1) is 11.3 Å². The molecule has 4 rings (SSSR count). The number of piperazine rings is 1. The van der Waals surface area contributed by atoms with Crippen molar-refractivity contribution in [3.8, 4) is 0 Å². The van der Waals surface area contributed by atoms with Gasteiger partial charge in [0.2, 0.25) is 0 Å². The van der Waals surface area contributed by atoms with Crippen molar-refractivity contribution in [2.75, 3.05) is 32.8 Å². The number of benzene rings is 1. The van der Waals surface area contributed by atoms with Gasteiger partial charge in [0.1, 0.15) is 0 Å². The van der Waals surface area contributed by atoms with Crippen LogP contribution in [0.3, 0.4) is 0 Å². The highest BCUT2D eigenvalue weighted by Gasteiger charge is 2.26. The summed E-state index contributed by atoms with van der Waals surface area (Å²) in [5.41, 5.74) is 2.91. The summed E-state index contributed by atoms with van der Waals surface area (Å²) in [4.78, 5) is 44.2. The summed E-state index contributed by atoms with van der Waals surface area (Å²) in [6, 6.07) is 8.36. The van der Waals surface area contributed by atoms with E-state index >= 15 is 0 Å². The Morgan fingerprint density at radius 3 is 2.64 bits per heavy atom. The highest BCUT2D eigenvalue weighted by molar-refractivity contribution is 7.16. The van der Waals surface area contributed by atoms with Crippen LogP contribution in [0.15, 0.2) is 46.5 Å². The predicted molar refractivity (Wildman–Crippen MR) is 101 cm³/mol. The fraction of sp³-hybridized carbons (Fsp3) is 0.263. The smallest absolute Gasteiger partial charge is 0.338 e. The molecule has 1 saturated heterocycles. The van der Waals surface area contributed by atoms with Gasteiger partial charge in [-0.3, -0.25) is 9.59 Å². The van der Waals surface area contributed by atoms with Crippen LogP contribution in [0, 0.1) is 0 Å². The van der Waals surface area contributed by atoms with Gasteiger partial charge in [0.05, 0.1) is 27.6 Å². The van der Waals surface area contributed by atoms with Crippen LogP contribution in [-0.2, 0) is 9.53 Å². The van der Waals surface area contributed by atoms with E-state index in [2.05, 4.69) is 4.98 Å². The van der Waals surface area contributed by atoms with E-state index in [1.54, 1.807) is 45.6 Å². The Bertz CT molecular complexity index is 1010. The maximum absolute atomic E-state index is 12.3. The van der Waals surface area contributed by atoms with Gasteiger partial charge in [-0.1, -0.05) is 0 Å². The molecule has 9 heteroatoms. The zero-order valence-electron chi connectivity index (χ0n) is 14.9. The first-order valence-corrected chi connectivity index (χ1v) is 9.61. The summed E-state index contributed by atoms with van der Waals surface area (Å²) >= 11 is 1.43. The summed E-state index contributed by atoms with van der Waals surface area (Å²) in [6.45, 7) is 1.25. The number of furan rings is 1. The van der Waals surface area contributed by atoms with E-state index in [1.165, 1.54) is 17.6 Å². The van der Waals surface area contributed by atoms with Crippen LogP contribution in [-0.4, -0.2) is 65.4 Å². The number of amides is 2. The van der Waals surface area contributed by atoms with Gasteiger partial charge in [0.25, 0.3) is 11.8 Å². The van der Waals surface area contributed by atoms with Gasteiger partial charge in [-0.25, -0.2) is 9.78 Å². The average molecular weight is 399 g/mol. The van der Waals surface area contributed by atoms with Crippen molar-refractivity contribution in [3.63, 3.8) is 0 Å². The van der Waals surface area contributed by atoms with E-state index in [0.29, 0.717) is 31.7 Å². The minimum Gasteiger partial charge on any atom is -0.459 e. The van der Waals surface area contributed by atoms with Crippen molar-refractivity contribution in [2.45, 2.75) is 0 Å². The number of ether oxygens (including phenoxy) is 1. The van der Waals surface area contributed by atoms with Gasteiger partial charge < -0.3 is 19.0 Å². The van der Waals surface area contributed by atoms with Crippen LogP contribution in [0.4, 0.5) is 0 Å². The lowest BCUT2D eigenvalue weighted by molar-refractivity contribution is -0.136. The number of rotatable bonds is 4. The van der Waals surface area contributed by atoms with E-state index in [1.807, 2.05) is 0 Å². The molecule has 3 heterocycles. The van der Waals surface area contributed by atoms with Gasteiger partial charge in [0.15, 0.2) is 12.4 Å². The van der Waals surface area contributed by atoms with Gasteiger partial charge in [-0.2, -0.15) is 0 Å². The molecule has 0 radical (unpaired) electrons. The standard InChI is InChI=1S/C19H17N3O5S/c23-17(11-27-19(25)13-3-4-14-16(10-13)28-12-20-14)21-5-7-22(8-6-21)18(24)15-2-1-9-26-15/h1-4,9-10,12H,5-8,11H2. The SMILES string of the molecule is O=C(OCC(=O)N1CCN(C(=O)c2ccco2)CC1)c1ccc2ncsc2c1. The number of carbonyl (C=O) groups is 3. The lowest BCUT2D eigenvalue weighted by atomic mass is 10.2. The number of fused-ring (bicyclic) bond motifs is 1. The van der Waals surface area contributed by atoms with Crippen LogP contribution in [0.5, 0.6) is 0 Å². The Kier molecular flexibility index (Phi) is 5.07. The Morgan fingerprint density at radius 2 is 1.89 bits per heavy atom. The van der Waals surface area contributed by atoms with Crippen molar-refractivity contribution in [1.82, 2.24) is 14.8 Å². The van der Waals surface area contributed by atoms with Crippen LogP contribution >= 0.6 is 11.3 Å². The minimum atomic E-state index is -0.546. The summed E-state index contributed by atoms with van der Waals surface area (Å²) in [5.74, 6) is -0.735. The summed E-state index contributed by atoms with van der Waals surface area (Å²) in [7, 11) is 0. The molecule has 0 aliphatic carbocycles. The maximum Gasteiger partial charge on any atom is 0.338 e. The average Bonchev–Trinajstić information content (AvgIpc) is 3.42. The van der Waals surface area contributed by atoms with Crippen LogP contribution in [0.1, 0.15) is 20.9 Å². The van der Waals surface area contributed by atoms with E-state index in [9.17, 15) is 14.4 Å². The fourth-order valence-corrected chi connectivity index (χ4v) is 3.72. The molecule has 2 amide bonds. The molecule has 0 bridgehead atoms. The third kappa shape index (κ3) is 3.74. The van der Waals surface area contributed by atoms with Crippen LogP contribution < -0.4 is 0 Å². The maximum atomic E-state index is 12.3. The number of carbonyl (C=O) groups excluding carboxylic acids is 3. The molecule has 0 N–H and O–H groups in total. The molecule has 1 aromatic carbocycles. The molecule has 0 unspecified atom stereocenters. The Hall–Kier alpha value is -3.20. The Balaban J connectivity index is 1.27. The number of hydrogen-bond acceptors (Lipinski definition) is 7. The third-order valence-electron chi connectivity index (χ3n) is 4.55. The minimum absolute atomic E-state index is 0.193. The van der Waals surface area contributed by atoms with E-state index < -0.39 is 5.97 Å². The second kappa shape index (κ2) is 7.81. The Morgan fingerprint density at radius 1 is 1.11 bits per heavy atom. The molecule has 3 aromatic rings. The van der Waals surface area contributed by atoms with E-state index in [-0.39, 0.29) is 24.2 Å². The van der Waals surface area contributed by atoms with Crippen molar-refractivity contribution < 1.29 is 23.5 Å². The first-order chi connectivity index (χ1) is 13.6. The van der Waals surface area contributed by atoms with E-state index in [0.717, 1.165) is 10.2 Å². The third-order valence-corrected chi connectivity index (χ3v) is 5.34. The second-order valence-electron chi connectivity index (χ2n) is 6.26. The largest absolute Gasteiger partial charge is 0.459 e. The van der Waals surface area contributed by atoms with Gasteiger partial charge in [0, 0.05) is 26.2 Å². The number of esters is 1. The molecule has 1 fully saturated rings. The highest BCUT2D eigenvalue weighted by atomic mass is 32.1. The van der Waals surface area contributed by atoms with E-state index in [4.69, 9.17) is 9.15 Å². The molecular formula is C19H17N3O5S. The zero-order valence-corrected chi connectivity index (χ0v) is 15.7. The van der Waals surface area contributed by atoms with Crippen LogP contribution in [0.25, 0.3) is 10.2 Å². The van der Waals surface area contributed by atoms with Crippen molar-refractivity contribution in [2.24, 2.45) is 0 Å². The molecule has 8 nitrogen and oxygen atoms in total. The molecule has 1 aliphatic heterocycles. The fourth-order valence-electron chi connectivity index (χ4n) is 3.00. The van der Waals surface area contributed by atoms with Gasteiger partial charge in [-0.05, 0) is 30.3 Å². The normalized spacial score (nSPS) is 14.3. The monoisotopic (exact) mass is 399 g/mol. The number of nitrogens with zero attached hydrogens (tertiary/aromatic N) is 3. The van der Waals surface area contributed by atoms with Crippen LogP contribution in [0.2, 0.25) is 0 Å². The first kappa shape index (κ1) is 18.2. The molecule has 1 aliphatic rings. The molecule has 0 spiro atoms. The summed E-state index contributed by atoms with van der Waals surface area (Å²) in [6.07, 6.45) is 1.45. The molecular weight excluding hydrogens is 382 g/mol. The zero-order chi connectivity index (χ0) is 19.5. The molecule has 2 aromatic heterocycles. The number of thiazole rings is 1. The summed E-state index contributed by atoms with van der Waals surface area (Å²) in [5, 5.41) is 0.